The second kappa shape index (κ2) is 6.86. The quantitative estimate of drug-likeness (QED) is 0.653. The Bertz CT molecular complexity index is 925. The molecule has 0 aliphatic carbocycles. The first-order valence-electron chi connectivity index (χ1n) is 7.72. The Morgan fingerprint density at radius 3 is 2.92 bits per heavy atom. The van der Waals surface area contributed by atoms with Crippen LogP contribution in [0.5, 0.6) is 5.75 Å². The van der Waals surface area contributed by atoms with Gasteiger partial charge in [0.05, 0.1) is 12.2 Å². The van der Waals surface area contributed by atoms with Crippen LogP contribution >= 0.6 is 0 Å². The molecule has 7 nitrogen and oxygen atoms in total. The summed E-state index contributed by atoms with van der Waals surface area (Å²) in [5, 5.41) is 25.1. The van der Waals surface area contributed by atoms with Gasteiger partial charge in [-0.2, -0.15) is 5.10 Å². The number of aromatic hydroxyl groups is 1. The minimum Gasteiger partial charge on any atom is -0.505 e. The third-order valence-electron chi connectivity index (χ3n) is 3.87. The van der Waals surface area contributed by atoms with Gasteiger partial charge in [-0.05, 0) is 36.6 Å². The molecule has 0 bridgehead atoms. The lowest BCUT2D eigenvalue weighted by Crippen LogP contribution is -2.26. The molecule has 3 N–H and O–H groups in total. The maximum atomic E-state index is 13.5. The van der Waals surface area contributed by atoms with Crippen LogP contribution in [0.15, 0.2) is 36.8 Å². The van der Waals surface area contributed by atoms with E-state index in [4.69, 9.17) is 5.11 Å². The molecule has 3 aromatic rings. The summed E-state index contributed by atoms with van der Waals surface area (Å²) in [4.78, 5) is 16.7. The number of halogens is 1. The van der Waals surface area contributed by atoms with Gasteiger partial charge in [-0.1, -0.05) is 6.07 Å². The van der Waals surface area contributed by atoms with Gasteiger partial charge in [-0.3, -0.25) is 4.79 Å². The van der Waals surface area contributed by atoms with Crippen molar-refractivity contribution in [1.82, 2.24) is 19.9 Å². The summed E-state index contributed by atoms with van der Waals surface area (Å²) in [5.41, 5.74) is 2.02. The van der Waals surface area contributed by atoms with Crippen LogP contribution in [0.25, 0.3) is 5.65 Å². The second-order valence-electron chi connectivity index (χ2n) is 5.67. The molecule has 0 radical (unpaired) electrons. The highest BCUT2D eigenvalue weighted by Gasteiger charge is 2.17. The Labute approximate surface area is 142 Å². The van der Waals surface area contributed by atoms with Gasteiger partial charge in [-0.15, -0.1) is 0 Å². The van der Waals surface area contributed by atoms with E-state index in [1.165, 1.54) is 22.8 Å². The van der Waals surface area contributed by atoms with Gasteiger partial charge in [0.15, 0.2) is 17.2 Å². The maximum absolute atomic E-state index is 13.5. The molecule has 0 fully saturated rings. The fraction of sp³-hybridized carbons (Fsp3) is 0.235. The predicted molar refractivity (Wildman–Crippen MR) is 87.7 cm³/mol. The zero-order valence-electron chi connectivity index (χ0n) is 13.5. The summed E-state index contributed by atoms with van der Waals surface area (Å²) in [6, 6.07) is 3.49. The largest absolute Gasteiger partial charge is 0.505 e. The molecule has 2 heterocycles. The highest BCUT2D eigenvalue weighted by Crippen LogP contribution is 2.21. The van der Waals surface area contributed by atoms with Crippen LogP contribution in [0.1, 0.15) is 34.5 Å². The van der Waals surface area contributed by atoms with Crippen LogP contribution in [-0.4, -0.2) is 37.3 Å². The minimum absolute atomic E-state index is 0.00248. The number of carbonyl (C=O) groups excluding carboxylic acids is 1. The smallest absolute Gasteiger partial charge is 0.257 e. The fourth-order valence-electron chi connectivity index (χ4n) is 2.48. The van der Waals surface area contributed by atoms with Crippen molar-refractivity contribution >= 4 is 11.6 Å². The molecule has 1 amide bonds. The zero-order chi connectivity index (χ0) is 18.0. The lowest BCUT2D eigenvalue weighted by atomic mass is 10.1. The Hall–Kier alpha value is -3.00. The average Bonchev–Trinajstić information content (AvgIpc) is 3.01. The van der Waals surface area contributed by atoms with Crippen LogP contribution in [-0.2, 0) is 6.42 Å². The van der Waals surface area contributed by atoms with Gasteiger partial charge >= 0.3 is 0 Å². The first-order chi connectivity index (χ1) is 12.0. The summed E-state index contributed by atoms with van der Waals surface area (Å²) in [7, 11) is 0. The number of hydrogen-bond donors (Lipinski definition) is 3. The summed E-state index contributed by atoms with van der Waals surface area (Å²) >= 11 is 0. The van der Waals surface area contributed by atoms with Crippen molar-refractivity contribution in [2.24, 2.45) is 0 Å². The third-order valence-corrected chi connectivity index (χ3v) is 3.87. The normalized spacial score (nSPS) is 12.3. The summed E-state index contributed by atoms with van der Waals surface area (Å²) in [5.74, 6) is -1.57. The third kappa shape index (κ3) is 3.43. The number of aliphatic hydroxyl groups excluding tert-OH is 1. The molecule has 0 aliphatic heterocycles. The Morgan fingerprint density at radius 1 is 1.40 bits per heavy atom. The molecule has 2 aromatic heterocycles. The number of fused-ring (bicyclic) bond motifs is 1. The van der Waals surface area contributed by atoms with E-state index in [1.807, 2.05) is 0 Å². The number of aromatic nitrogens is 3. The van der Waals surface area contributed by atoms with Crippen molar-refractivity contribution < 1.29 is 19.4 Å². The SMILES string of the molecule is C[C@H](NC(=O)c1cnn2cc(CCO)cnc12)c1ccc(O)c(F)c1. The van der Waals surface area contributed by atoms with E-state index >= 15 is 0 Å². The minimum atomic E-state index is -0.743. The molecule has 3 rings (SSSR count). The first-order valence-corrected chi connectivity index (χ1v) is 7.72. The van der Waals surface area contributed by atoms with Crippen molar-refractivity contribution in [3.63, 3.8) is 0 Å². The molecule has 25 heavy (non-hydrogen) atoms. The van der Waals surface area contributed by atoms with Crippen LogP contribution in [0.4, 0.5) is 4.39 Å². The van der Waals surface area contributed by atoms with E-state index in [0.717, 1.165) is 5.56 Å². The van der Waals surface area contributed by atoms with E-state index in [1.54, 1.807) is 25.4 Å². The van der Waals surface area contributed by atoms with Crippen LogP contribution < -0.4 is 5.32 Å². The monoisotopic (exact) mass is 344 g/mol. The molecule has 8 heteroatoms. The Morgan fingerprint density at radius 2 is 2.20 bits per heavy atom. The van der Waals surface area contributed by atoms with E-state index in [-0.39, 0.29) is 6.61 Å². The van der Waals surface area contributed by atoms with Crippen LogP contribution in [0.3, 0.4) is 0 Å². The topological polar surface area (TPSA) is 99.8 Å². The molecular formula is C17H17FN4O3. The molecule has 0 saturated carbocycles. The molecule has 1 atom stereocenters. The molecule has 0 aliphatic rings. The fourth-order valence-corrected chi connectivity index (χ4v) is 2.48. The van der Waals surface area contributed by atoms with E-state index in [9.17, 15) is 14.3 Å². The summed E-state index contributed by atoms with van der Waals surface area (Å²) in [6.45, 7) is 1.71. The summed E-state index contributed by atoms with van der Waals surface area (Å²) < 4.78 is 14.9. The second-order valence-corrected chi connectivity index (χ2v) is 5.67. The Balaban J connectivity index is 1.80. The van der Waals surface area contributed by atoms with Gasteiger partial charge < -0.3 is 15.5 Å². The molecule has 130 valence electrons. The average molecular weight is 344 g/mol. The van der Waals surface area contributed by atoms with E-state index < -0.39 is 23.5 Å². The van der Waals surface area contributed by atoms with Gasteiger partial charge in [0.1, 0.15) is 5.56 Å². The standard InChI is InChI=1S/C17H17FN4O3/c1-10(12-2-3-15(24)14(18)6-12)21-17(25)13-8-20-22-9-11(4-5-23)7-19-16(13)22/h2-3,6-10,23-24H,4-5H2,1H3,(H,21,25)/t10-/m0/s1. The molecule has 0 saturated heterocycles. The van der Waals surface area contributed by atoms with Crippen LogP contribution in [0, 0.1) is 5.82 Å². The molecule has 0 spiro atoms. The van der Waals surface area contributed by atoms with Crippen molar-refractivity contribution in [2.75, 3.05) is 6.61 Å². The number of phenolic OH excluding ortho intramolecular Hbond substituents is 1. The number of phenols is 1. The number of hydrogen-bond acceptors (Lipinski definition) is 5. The van der Waals surface area contributed by atoms with Crippen LogP contribution in [0.2, 0.25) is 0 Å². The number of rotatable bonds is 5. The van der Waals surface area contributed by atoms with Crippen molar-refractivity contribution in [3.8, 4) is 5.75 Å². The molecule has 0 unspecified atom stereocenters. The van der Waals surface area contributed by atoms with Gasteiger partial charge in [-0.25, -0.2) is 13.9 Å². The maximum Gasteiger partial charge on any atom is 0.257 e. The number of carbonyl (C=O) groups is 1. The number of nitrogens with zero attached hydrogens (tertiary/aromatic N) is 3. The highest BCUT2D eigenvalue weighted by atomic mass is 19.1. The van der Waals surface area contributed by atoms with Crippen molar-refractivity contribution in [2.45, 2.75) is 19.4 Å². The Kier molecular flexibility index (Phi) is 4.62. The van der Waals surface area contributed by atoms with Gasteiger partial charge in [0, 0.05) is 19.0 Å². The lowest BCUT2D eigenvalue weighted by molar-refractivity contribution is 0.0941. The van der Waals surface area contributed by atoms with Crippen molar-refractivity contribution in [1.29, 1.82) is 0 Å². The number of amides is 1. The number of benzene rings is 1. The predicted octanol–water partition coefficient (Wildman–Crippen LogP) is 1.60. The molecule has 1 aromatic carbocycles. The van der Waals surface area contributed by atoms with E-state index in [2.05, 4.69) is 15.4 Å². The van der Waals surface area contributed by atoms with E-state index in [0.29, 0.717) is 23.2 Å². The zero-order valence-corrected chi connectivity index (χ0v) is 13.5. The highest BCUT2D eigenvalue weighted by molar-refractivity contribution is 5.99. The lowest BCUT2D eigenvalue weighted by Gasteiger charge is -2.14. The molecular weight excluding hydrogens is 327 g/mol. The number of nitrogens with one attached hydrogen (secondary N) is 1. The van der Waals surface area contributed by atoms with Crippen molar-refractivity contribution in [3.05, 3.63) is 59.3 Å². The number of aliphatic hydroxyl groups is 1. The summed E-state index contributed by atoms with van der Waals surface area (Å²) in [6.07, 6.45) is 5.15. The van der Waals surface area contributed by atoms with Gasteiger partial charge in [0.25, 0.3) is 5.91 Å². The van der Waals surface area contributed by atoms with Gasteiger partial charge in [0.2, 0.25) is 0 Å². The first kappa shape index (κ1) is 16.8.